The van der Waals surface area contributed by atoms with Crippen LogP contribution in [0, 0.1) is 0 Å². The molecule has 1 heterocycles. The molecule has 0 aliphatic rings. The summed E-state index contributed by atoms with van der Waals surface area (Å²) in [6, 6.07) is 7.71. The molecule has 6 heteroatoms. The third-order valence-electron chi connectivity index (χ3n) is 2.79. The standard InChI is InChI=1S/C12H17N3O2S/c1-18(16,17)9-8-15-11-5-3-2-4-10(11)14-12(15)6-7-13/h2-5H,6-9,13H2,1H3. The first-order valence-electron chi connectivity index (χ1n) is 5.83. The minimum Gasteiger partial charge on any atom is -0.330 e. The first kappa shape index (κ1) is 13.0. The maximum atomic E-state index is 11.3. The molecular weight excluding hydrogens is 250 g/mol. The number of fused-ring (bicyclic) bond motifs is 1. The van der Waals surface area contributed by atoms with Gasteiger partial charge in [-0.15, -0.1) is 0 Å². The van der Waals surface area contributed by atoms with Crippen molar-refractivity contribution in [1.82, 2.24) is 9.55 Å². The van der Waals surface area contributed by atoms with Crippen molar-refractivity contribution < 1.29 is 8.42 Å². The van der Waals surface area contributed by atoms with Crippen molar-refractivity contribution in [3.05, 3.63) is 30.1 Å². The second kappa shape index (κ2) is 5.07. The Hall–Kier alpha value is -1.40. The Balaban J connectivity index is 2.41. The van der Waals surface area contributed by atoms with Crippen LogP contribution in [0.2, 0.25) is 0 Å². The second-order valence-electron chi connectivity index (χ2n) is 4.34. The fourth-order valence-electron chi connectivity index (χ4n) is 1.95. The predicted molar refractivity (Wildman–Crippen MR) is 72.2 cm³/mol. The molecule has 2 N–H and O–H groups in total. The van der Waals surface area contributed by atoms with E-state index in [4.69, 9.17) is 5.73 Å². The van der Waals surface area contributed by atoms with Crippen molar-refractivity contribution >= 4 is 20.9 Å². The number of hydrogen-bond acceptors (Lipinski definition) is 4. The number of nitrogens with zero attached hydrogens (tertiary/aromatic N) is 2. The highest BCUT2D eigenvalue weighted by Gasteiger charge is 2.11. The largest absolute Gasteiger partial charge is 0.330 e. The number of sulfone groups is 1. The van der Waals surface area contributed by atoms with Crippen molar-refractivity contribution in [2.45, 2.75) is 13.0 Å². The van der Waals surface area contributed by atoms with Gasteiger partial charge in [-0.1, -0.05) is 12.1 Å². The van der Waals surface area contributed by atoms with Gasteiger partial charge in [0.25, 0.3) is 0 Å². The molecular formula is C12H17N3O2S. The van der Waals surface area contributed by atoms with Crippen molar-refractivity contribution in [2.75, 3.05) is 18.6 Å². The van der Waals surface area contributed by atoms with Crippen molar-refractivity contribution in [2.24, 2.45) is 5.73 Å². The van der Waals surface area contributed by atoms with E-state index in [0.29, 0.717) is 19.5 Å². The van der Waals surface area contributed by atoms with E-state index in [1.165, 1.54) is 6.26 Å². The van der Waals surface area contributed by atoms with E-state index >= 15 is 0 Å². The zero-order chi connectivity index (χ0) is 13.2. The number of imidazole rings is 1. The van der Waals surface area contributed by atoms with Gasteiger partial charge in [0.1, 0.15) is 15.7 Å². The van der Waals surface area contributed by atoms with E-state index < -0.39 is 9.84 Å². The molecule has 1 aromatic carbocycles. The third kappa shape index (κ3) is 2.88. The minimum absolute atomic E-state index is 0.116. The number of para-hydroxylation sites is 2. The van der Waals surface area contributed by atoms with Gasteiger partial charge in [0.2, 0.25) is 0 Å². The van der Waals surface area contributed by atoms with Gasteiger partial charge in [-0.2, -0.15) is 0 Å². The van der Waals surface area contributed by atoms with Crippen LogP contribution in [-0.4, -0.2) is 36.5 Å². The Bertz CT molecular complexity index is 646. The van der Waals surface area contributed by atoms with E-state index in [-0.39, 0.29) is 5.75 Å². The molecule has 0 fully saturated rings. The highest BCUT2D eigenvalue weighted by atomic mass is 32.2. The molecule has 2 aromatic rings. The van der Waals surface area contributed by atoms with Gasteiger partial charge in [-0.25, -0.2) is 13.4 Å². The Morgan fingerprint density at radius 1 is 1.33 bits per heavy atom. The molecule has 2 rings (SSSR count). The van der Waals surface area contributed by atoms with Gasteiger partial charge in [0.05, 0.1) is 16.8 Å². The number of hydrogen-bond donors (Lipinski definition) is 1. The van der Waals surface area contributed by atoms with Crippen LogP contribution in [0.1, 0.15) is 5.82 Å². The molecule has 0 atom stereocenters. The Morgan fingerprint density at radius 2 is 2.06 bits per heavy atom. The summed E-state index contributed by atoms with van der Waals surface area (Å²) < 4.78 is 24.5. The summed E-state index contributed by atoms with van der Waals surface area (Å²) in [4.78, 5) is 4.49. The van der Waals surface area contributed by atoms with E-state index in [2.05, 4.69) is 4.98 Å². The molecule has 98 valence electrons. The molecule has 0 saturated heterocycles. The van der Waals surface area contributed by atoms with E-state index in [1.54, 1.807) is 0 Å². The molecule has 18 heavy (non-hydrogen) atoms. The van der Waals surface area contributed by atoms with E-state index in [1.807, 2.05) is 28.8 Å². The highest BCUT2D eigenvalue weighted by molar-refractivity contribution is 7.90. The molecule has 0 aliphatic carbocycles. The topological polar surface area (TPSA) is 78.0 Å². The molecule has 0 radical (unpaired) electrons. The summed E-state index contributed by atoms with van der Waals surface area (Å²) in [7, 11) is -2.98. The molecule has 1 aromatic heterocycles. The van der Waals surface area contributed by atoms with Gasteiger partial charge in [0, 0.05) is 19.2 Å². The summed E-state index contributed by atoms with van der Waals surface area (Å²) in [6.07, 6.45) is 1.90. The van der Waals surface area contributed by atoms with Crippen LogP contribution in [0.4, 0.5) is 0 Å². The van der Waals surface area contributed by atoms with Crippen LogP contribution >= 0.6 is 0 Å². The lowest BCUT2D eigenvalue weighted by molar-refractivity contribution is 0.593. The normalized spacial score (nSPS) is 12.1. The lowest BCUT2D eigenvalue weighted by atomic mass is 10.3. The quantitative estimate of drug-likeness (QED) is 0.859. The summed E-state index contributed by atoms with van der Waals surface area (Å²) in [5, 5.41) is 0. The van der Waals surface area contributed by atoms with Crippen LogP contribution in [0.15, 0.2) is 24.3 Å². The Labute approximate surface area is 107 Å². The minimum atomic E-state index is -2.98. The second-order valence-corrected chi connectivity index (χ2v) is 6.60. The smallest absolute Gasteiger partial charge is 0.149 e. The average Bonchev–Trinajstić information content (AvgIpc) is 2.63. The lowest BCUT2D eigenvalue weighted by Gasteiger charge is -2.07. The van der Waals surface area contributed by atoms with Crippen LogP contribution in [0.25, 0.3) is 11.0 Å². The van der Waals surface area contributed by atoms with Crippen LogP contribution < -0.4 is 5.73 Å². The Kier molecular flexibility index (Phi) is 3.68. The number of aromatic nitrogens is 2. The molecule has 0 spiro atoms. The third-order valence-corrected chi connectivity index (χ3v) is 3.71. The number of nitrogens with two attached hydrogens (primary N) is 1. The average molecular weight is 267 g/mol. The highest BCUT2D eigenvalue weighted by Crippen LogP contribution is 2.16. The van der Waals surface area contributed by atoms with E-state index in [0.717, 1.165) is 16.9 Å². The Morgan fingerprint density at radius 3 is 2.72 bits per heavy atom. The van der Waals surface area contributed by atoms with Crippen molar-refractivity contribution in [3.63, 3.8) is 0 Å². The maximum absolute atomic E-state index is 11.3. The summed E-state index contributed by atoms with van der Waals surface area (Å²) >= 11 is 0. The van der Waals surface area contributed by atoms with Crippen molar-refractivity contribution in [3.8, 4) is 0 Å². The summed E-state index contributed by atoms with van der Waals surface area (Å²) in [6.45, 7) is 0.927. The molecule has 0 aliphatic heterocycles. The van der Waals surface area contributed by atoms with Gasteiger partial charge >= 0.3 is 0 Å². The first-order valence-corrected chi connectivity index (χ1v) is 7.89. The van der Waals surface area contributed by atoms with Gasteiger partial charge < -0.3 is 10.3 Å². The molecule has 0 bridgehead atoms. The summed E-state index contributed by atoms with van der Waals surface area (Å²) in [5.41, 5.74) is 7.41. The molecule has 0 amide bonds. The summed E-state index contributed by atoms with van der Waals surface area (Å²) in [5.74, 6) is 0.965. The number of aryl methyl sites for hydroxylation is 1. The predicted octanol–water partition coefficient (Wildman–Crippen LogP) is 0.582. The van der Waals surface area contributed by atoms with Gasteiger partial charge in [-0.05, 0) is 18.7 Å². The SMILES string of the molecule is CS(=O)(=O)CCn1c(CCN)nc2ccccc21. The monoisotopic (exact) mass is 267 g/mol. The van der Waals surface area contributed by atoms with Crippen LogP contribution in [0.3, 0.4) is 0 Å². The van der Waals surface area contributed by atoms with Gasteiger partial charge in [-0.3, -0.25) is 0 Å². The fraction of sp³-hybridized carbons (Fsp3) is 0.417. The molecule has 0 saturated carbocycles. The molecule has 5 nitrogen and oxygen atoms in total. The first-order chi connectivity index (χ1) is 8.51. The molecule has 0 unspecified atom stereocenters. The van der Waals surface area contributed by atoms with E-state index in [9.17, 15) is 8.42 Å². The number of benzene rings is 1. The van der Waals surface area contributed by atoms with Crippen LogP contribution in [0.5, 0.6) is 0 Å². The fourth-order valence-corrected chi connectivity index (χ4v) is 2.47. The van der Waals surface area contributed by atoms with Crippen LogP contribution in [-0.2, 0) is 22.8 Å². The number of rotatable bonds is 5. The zero-order valence-corrected chi connectivity index (χ0v) is 11.2. The van der Waals surface area contributed by atoms with Gasteiger partial charge in [0.15, 0.2) is 0 Å². The zero-order valence-electron chi connectivity index (χ0n) is 10.3. The van der Waals surface area contributed by atoms with Crippen molar-refractivity contribution in [1.29, 1.82) is 0 Å². The lowest BCUT2D eigenvalue weighted by Crippen LogP contribution is -2.15. The maximum Gasteiger partial charge on any atom is 0.149 e.